The minimum Gasteiger partial charge on any atom is -0.382 e. The number of aromatic nitrogens is 3. The van der Waals surface area contributed by atoms with Crippen molar-refractivity contribution in [3.63, 3.8) is 0 Å². The Balaban J connectivity index is 1.89. The number of halogens is 3. The van der Waals surface area contributed by atoms with Gasteiger partial charge in [0.25, 0.3) is 5.91 Å². The minimum atomic E-state index is -4.67. The number of carbonyl (C=O) groups excluding carboxylic acids is 1. The summed E-state index contributed by atoms with van der Waals surface area (Å²) in [5, 5.41) is 13.5. The van der Waals surface area contributed by atoms with Crippen LogP contribution in [0.25, 0.3) is 23.4 Å². The summed E-state index contributed by atoms with van der Waals surface area (Å²) in [7, 11) is 1.70. The molecule has 2 aromatic rings. The number of rotatable bonds is 9. The van der Waals surface area contributed by atoms with Crippen molar-refractivity contribution in [2.45, 2.75) is 32.0 Å². The molecule has 1 amide bonds. The molecule has 0 radical (unpaired) electrons. The van der Waals surface area contributed by atoms with Crippen LogP contribution in [-0.4, -0.2) is 52.5 Å². The lowest BCUT2D eigenvalue weighted by Crippen LogP contribution is -2.34. The van der Waals surface area contributed by atoms with Gasteiger partial charge in [-0.3, -0.25) is 9.48 Å². The van der Waals surface area contributed by atoms with Crippen LogP contribution < -0.4 is 16.0 Å². The second-order valence-electron chi connectivity index (χ2n) is 9.09. The third-order valence-corrected chi connectivity index (χ3v) is 6.33. The van der Waals surface area contributed by atoms with Crippen molar-refractivity contribution in [1.82, 2.24) is 30.7 Å². The van der Waals surface area contributed by atoms with E-state index in [1.165, 1.54) is 17.0 Å². The van der Waals surface area contributed by atoms with E-state index < -0.39 is 11.7 Å². The molecule has 0 aliphatic carbocycles. The largest absolute Gasteiger partial charge is 0.417 e. The van der Waals surface area contributed by atoms with Crippen molar-refractivity contribution in [3.05, 3.63) is 72.4 Å². The van der Waals surface area contributed by atoms with Gasteiger partial charge in [0.15, 0.2) is 0 Å². The zero-order valence-corrected chi connectivity index (χ0v) is 21.2. The zero-order valence-electron chi connectivity index (χ0n) is 21.2. The summed E-state index contributed by atoms with van der Waals surface area (Å²) in [5.41, 5.74) is 0.471. The Kier molecular flexibility index (Phi) is 9.09. The molecule has 0 aromatic carbocycles. The number of nitrogens with one attached hydrogen (secondary N) is 3. The normalized spacial score (nSPS) is 18.3. The van der Waals surface area contributed by atoms with E-state index in [2.05, 4.69) is 52.7 Å². The van der Waals surface area contributed by atoms with E-state index in [0.717, 1.165) is 25.9 Å². The number of hydrogen-bond donors (Lipinski definition) is 3. The second kappa shape index (κ2) is 12.1. The summed E-state index contributed by atoms with van der Waals surface area (Å²) in [5.74, 6) is 0.0392. The maximum Gasteiger partial charge on any atom is 0.417 e. The number of amides is 1. The van der Waals surface area contributed by atoms with Gasteiger partial charge in [-0.2, -0.15) is 18.3 Å². The number of allylic oxidation sites excluding steroid dienone is 1. The smallest absolute Gasteiger partial charge is 0.382 e. The minimum absolute atomic E-state index is 0.115. The average molecular weight is 515 g/mol. The molecule has 2 unspecified atom stereocenters. The van der Waals surface area contributed by atoms with Crippen LogP contribution in [0.4, 0.5) is 13.2 Å². The van der Waals surface area contributed by atoms with Crippen LogP contribution in [0.2, 0.25) is 0 Å². The summed E-state index contributed by atoms with van der Waals surface area (Å²) in [6.07, 6.45) is 4.71. The van der Waals surface area contributed by atoms with Crippen LogP contribution in [0.5, 0.6) is 0 Å². The van der Waals surface area contributed by atoms with Crippen molar-refractivity contribution in [1.29, 1.82) is 0 Å². The van der Waals surface area contributed by atoms with Gasteiger partial charge in [-0.1, -0.05) is 38.8 Å². The monoisotopic (exact) mass is 514 g/mol. The summed E-state index contributed by atoms with van der Waals surface area (Å²) >= 11 is 0. The van der Waals surface area contributed by atoms with Gasteiger partial charge in [0.1, 0.15) is 0 Å². The van der Waals surface area contributed by atoms with Gasteiger partial charge in [0.2, 0.25) is 0 Å². The van der Waals surface area contributed by atoms with E-state index in [-0.39, 0.29) is 35.4 Å². The van der Waals surface area contributed by atoms with E-state index in [4.69, 9.17) is 0 Å². The highest BCUT2D eigenvalue weighted by molar-refractivity contribution is 5.93. The molecule has 0 spiro atoms. The number of pyridine rings is 1. The standard InChI is InChI=1S/C27H33F3N6O/c1-6-22-23(19(4)34-24-10-13-31-12-9-17(24)2)14-21(35-25(22)18(3)27(28,29)30)8-7-11-32-26(37)20-15-33-36(5)16-20/h6-8,14-17,24,31,34H,1,3-4,9-13H2,2,5H3,(H,32,37)/b8-7+. The van der Waals surface area contributed by atoms with Crippen molar-refractivity contribution < 1.29 is 18.0 Å². The van der Waals surface area contributed by atoms with Crippen LogP contribution in [0.1, 0.15) is 52.6 Å². The number of carbonyl (C=O) groups is 1. The molecule has 2 atom stereocenters. The van der Waals surface area contributed by atoms with Crippen LogP contribution >= 0.6 is 0 Å². The third kappa shape index (κ3) is 7.19. The molecule has 0 bridgehead atoms. The molecule has 3 rings (SSSR count). The van der Waals surface area contributed by atoms with E-state index >= 15 is 0 Å². The van der Waals surface area contributed by atoms with E-state index in [1.807, 2.05) is 0 Å². The molecule has 37 heavy (non-hydrogen) atoms. The molecule has 0 saturated carbocycles. The molecule has 2 aromatic heterocycles. The first-order chi connectivity index (χ1) is 17.5. The lowest BCUT2D eigenvalue weighted by Gasteiger charge is -2.26. The summed E-state index contributed by atoms with van der Waals surface area (Å²) in [4.78, 5) is 16.4. The summed E-state index contributed by atoms with van der Waals surface area (Å²) in [6, 6.07) is 1.78. The highest BCUT2D eigenvalue weighted by Crippen LogP contribution is 2.36. The molecule has 3 N–H and O–H groups in total. The van der Waals surface area contributed by atoms with Crippen LogP contribution in [0, 0.1) is 5.92 Å². The molecule has 10 heteroatoms. The molecule has 1 aliphatic rings. The predicted octanol–water partition coefficient (Wildman–Crippen LogP) is 4.43. The van der Waals surface area contributed by atoms with Gasteiger partial charge < -0.3 is 16.0 Å². The third-order valence-electron chi connectivity index (χ3n) is 6.33. The van der Waals surface area contributed by atoms with Crippen LogP contribution in [0.3, 0.4) is 0 Å². The van der Waals surface area contributed by atoms with Gasteiger partial charge in [-0.15, -0.1) is 0 Å². The number of nitrogens with zero attached hydrogens (tertiary/aromatic N) is 3. The van der Waals surface area contributed by atoms with Crippen molar-refractivity contribution >= 4 is 29.3 Å². The lowest BCUT2D eigenvalue weighted by atomic mass is 9.94. The first kappa shape index (κ1) is 27.9. The zero-order chi connectivity index (χ0) is 27.2. The van der Waals surface area contributed by atoms with Crippen molar-refractivity contribution in [3.8, 4) is 0 Å². The average Bonchev–Trinajstić information content (AvgIpc) is 3.19. The lowest BCUT2D eigenvalue weighted by molar-refractivity contribution is -0.0689. The Morgan fingerprint density at radius 2 is 2.03 bits per heavy atom. The quantitative estimate of drug-likeness (QED) is 0.461. The Morgan fingerprint density at radius 3 is 2.68 bits per heavy atom. The Morgan fingerprint density at radius 1 is 1.30 bits per heavy atom. The fourth-order valence-corrected chi connectivity index (χ4v) is 4.17. The first-order valence-electron chi connectivity index (χ1n) is 12.0. The molecule has 7 nitrogen and oxygen atoms in total. The molecule has 198 valence electrons. The Bertz CT molecular complexity index is 1200. The van der Waals surface area contributed by atoms with Crippen molar-refractivity contribution in [2.24, 2.45) is 13.0 Å². The molecule has 1 saturated heterocycles. The van der Waals surface area contributed by atoms with Gasteiger partial charge in [-0.05, 0) is 44.0 Å². The number of hydrogen-bond acceptors (Lipinski definition) is 5. The van der Waals surface area contributed by atoms with Crippen LogP contribution in [0.15, 0.2) is 44.3 Å². The second-order valence-corrected chi connectivity index (χ2v) is 9.09. The molecular formula is C27H33F3N6O. The Labute approximate surface area is 215 Å². The van der Waals surface area contributed by atoms with E-state index in [0.29, 0.717) is 22.7 Å². The van der Waals surface area contributed by atoms with Gasteiger partial charge >= 0.3 is 6.18 Å². The summed E-state index contributed by atoms with van der Waals surface area (Å²) in [6.45, 7) is 15.2. The SMILES string of the molecule is C=Cc1c(C(=C)NC2CCNCCC2C)cc(/C=C/CNC(=O)c2cnn(C)c2)nc1C(=C)C(F)(F)F. The van der Waals surface area contributed by atoms with Gasteiger partial charge in [0, 0.05) is 42.7 Å². The maximum absolute atomic E-state index is 13.7. The number of aryl methyl sites for hydroxylation is 1. The fourth-order valence-electron chi connectivity index (χ4n) is 4.17. The predicted molar refractivity (Wildman–Crippen MR) is 141 cm³/mol. The molecule has 1 aliphatic heterocycles. The molecule has 3 heterocycles. The maximum atomic E-state index is 13.7. The first-order valence-corrected chi connectivity index (χ1v) is 12.0. The fraction of sp³-hybridized carbons (Fsp3) is 0.370. The van der Waals surface area contributed by atoms with Crippen molar-refractivity contribution in [2.75, 3.05) is 19.6 Å². The van der Waals surface area contributed by atoms with E-state index in [9.17, 15) is 18.0 Å². The molecular weight excluding hydrogens is 481 g/mol. The number of alkyl halides is 3. The topological polar surface area (TPSA) is 83.9 Å². The Hall–Kier alpha value is -3.66. The van der Waals surface area contributed by atoms with Crippen LogP contribution in [-0.2, 0) is 7.05 Å². The molecule has 1 fully saturated rings. The summed E-state index contributed by atoms with van der Waals surface area (Å²) < 4.78 is 42.5. The van der Waals surface area contributed by atoms with E-state index in [1.54, 1.807) is 31.5 Å². The van der Waals surface area contributed by atoms with Gasteiger partial charge in [0.05, 0.1) is 28.7 Å². The van der Waals surface area contributed by atoms with Gasteiger partial charge in [-0.25, -0.2) is 4.98 Å². The highest BCUT2D eigenvalue weighted by Gasteiger charge is 2.35. The highest BCUT2D eigenvalue weighted by atomic mass is 19.4.